The van der Waals surface area contributed by atoms with E-state index in [-0.39, 0.29) is 18.0 Å². The van der Waals surface area contributed by atoms with Gasteiger partial charge >= 0.3 is 6.09 Å². The minimum atomic E-state index is -0.679. The van der Waals surface area contributed by atoms with Crippen molar-refractivity contribution in [1.82, 2.24) is 24.8 Å². The molecular weight excluding hydrogens is 536 g/mol. The molecule has 0 saturated carbocycles. The topological polar surface area (TPSA) is 111 Å². The Morgan fingerprint density at radius 3 is 2.43 bits per heavy atom. The molecule has 3 aromatic rings. The van der Waals surface area contributed by atoms with Crippen molar-refractivity contribution in [2.45, 2.75) is 92.0 Å². The van der Waals surface area contributed by atoms with Crippen molar-refractivity contribution in [1.29, 1.82) is 0 Å². The van der Waals surface area contributed by atoms with Gasteiger partial charge in [-0.3, -0.25) is 9.63 Å². The van der Waals surface area contributed by atoms with E-state index in [4.69, 9.17) is 19.3 Å². The summed E-state index contributed by atoms with van der Waals surface area (Å²) in [6.07, 6.45) is 3.16. The van der Waals surface area contributed by atoms with E-state index in [0.717, 1.165) is 24.1 Å². The molecular formula is C31H44N6O5. The van der Waals surface area contributed by atoms with Crippen LogP contribution < -0.4 is 15.1 Å². The second-order valence-corrected chi connectivity index (χ2v) is 12.5. The van der Waals surface area contributed by atoms with Crippen molar-refractivity contribution >= 4 is 23.5 Å². The second-order valence-electron chi connectivity index (χ2n) is 12.5. The van der Waals surface area contributed by atoms with Crippen LogP contribution in [0.15, 0.2) is 36.5 Å². The highest BCUT2D eigenvalue weighted by molar-refractivity contribution is 6.04. The SMILES string of the molecule is CCOc1ccc(C(=O)N(OC(C)(C)C)c2c(C)c(CNC3CCCN(C(=O)OC(C)(C)C)C3)nc3ccnn23)cc1. The molecule has 2 amide bonds. The molecule has 1 aliphatic rings. The van der Waals surface area contributed by atoms with Gasteiger partial charge in [0.1, 0.15) is 11.4 Å². The van der Waals surface area contributed by atoms with Crippen LogP contribution in [0.4, 0.5) is 10.6 Å². The number of fused-ring (bicyclic) bond motifs is 1. The van der Waals surface area contributed by atoms with Crippen molar-refractivity contribution in [3.63, 3.8) is 0 Å². The first-order valence-corrected chi connectivity index (χ1v) is 14.6. The first-order valence-electron chi connectivity index (χ1n) is 14.6. The summed E-state index contributed by atoms with van der Waals surface area (Å²) in [5.41, 5.74) is 1.33. The lowest BCUT2D eigenvalue weighted by molar-refractivity contribution is -0.0173. The molecule has 1 aliphatic heterocycles. The predicted octanol–water partition coefficient (Wildman–Crippen LogP) is 5.30. The highest BCUT2D eigenvalue weighted by Gasteiger charge is 2.31. The Balaban J connectivity index is 1.62. The first kappa shape index (κ1) is 31.2. The molecule has 1 fully saturated rings. The minimum absolute atomic E-state index is 0.0736. The number of nitrogens with zero attached hydrogens (tertiary/aromatic N) is 5. The van der Waals surface area contributed by atoms with E-state index < -0.39 is 11.2 Å². The fourth-order valence-electron chi connectivity index (χ4n) is 4.77. The van der Waals surface area contributed by atoms with Crippen LogP contribution in [-0.4, -0.2) is 68.4 Å². The number of anilines is 1. The molecule has 4 rings (SSSR count). The fraction of sp³-hybridized carbons (Fsp3) is 0.548. The molecule has 11 nitrogen and oxygen atoms in total. The maximum atomic E-state index is 14.0. The molecule has 1 aromatic carbocycles. The second kappa shape index (κ2) is 12.7. The van der Waals surface area contributed by atoms with E-state index in [1.54, 1.807) is 45.9 Å². The van der Waals surface area contributed by atoms with Gasteiger partial charge in [0.05, 0.1) is 24.1 Å². The van der Waals surface area contributed by atoms with Crippen LogP contribution in [0.3, 0.4) is 0 Å². The normalized spacial score (nSPS) is 16.0. The molecule has 0 bridgehead atoms. The van der Waals surface area contributed by atoms with Gasteiger partial charge in [-0.1, -0.05) is 0 Å². The Labute approximate surface area is 248 Å². The molecule has 228 valence electrons. The Morgan fingerprint density at radius 1 is 1.07 bits per heavy atom. The number of hydrogen-bond donors (Lipinski definition) is 1. The van der Waals surface area contributed by atoms with E-state index in [1.807, 2.05) is 55.4 Å². The van der Waals surface area contributed by atoms with Crippen LogP contribution in [0.25, 0.3) is 5.65 Å². The number of benzene rings is 1. The van der Waals surface area contributed by atoms with Crippen LogP contribution in [0, 0.1) is 6.92 Å². The Morgan fingerprint density at radius 2 is 1.79 bits per heavy atom. The average Bonchev–Trinajstić information content (AvgIpc) is 3.38. The van der Waals surface area contributed by atoms with Gasteiger partial charge in [-0.2, -0.15) is 14.7 Å². The lowest BCUT2D eigenvalue weighted by Crippen LogP contribution is -2.49. The van der Waals surface area contributed by atoms with Gasteiger partial charge in [-0.05, 0) is 92.5 Å². The lowest BCUT2D eigenvalue weighted by Gasteiger charge is -2.34. The number of amides is 2. The fourth-order valence-corrected chi connectivity index (χ4v) is 4.77. The Kier molecular flexibility index (Phi) is 9.42. The lowest BCUT2D eigenvalue weighted by atomic mass is 10.1. The number of nitrogens with one attached hydrogen (secondary N) is 1. The number of rotatable bonds is 8. The van der Waals surface area contributed by atoms with E-state index in [0.29, 0.717) is 49.0 Å². The van der Waals surface area contributed by atoms with Gasteiger partial charge in [-0.25, -0.2) is 9.78 Å². The zero-order valence-electron chi connectivity index (χ0n) is 26.1. The van der Waals surface area contributed by atoms with Crippen molar-refractivity contribution in [3.8, 4) is 5.75 Å². The van der Waals surface area contributed by atoms with Crippen LogP contribution in [0.5, 0.6) is 5.75 Å². The summed E-state index contributed by atoms with van der Waals surface area (Å²) in [5.74, 6) is 0.834. The summed E-state index contributed by atoms with van der Waals surface area (Å²) in [4.78, 5) is 39.5. The van der Waals surface area contributed by atoms with Crippen molar-refractivity contribution in [2.24, 2.45) is 0 Å². The summed E-state index contributed by atoms with van der Waals surface area (Å²) < 4.78 is 12.8. The number of piperidine rings is 1. The van der Waals surface area contributed by atoms with Gasteiger partial charge in [0.25, 0.3) is 5.91 Å². The highest BCUT2D eigenvalue weighted by Crippen LogP contribution is 2.29. The van der Waals surface area contributed by atoms with Crippen molar-refractivity contribution in [3.05, 3.63) is 53.3 Å². The quantitative estimate of drug-likeness (QED) is 0.357. The summed E-state index contributed by atoms with van der Waals surface area (Å²) in [6, 6.07) is 8.87. The number of carbonyl (C=O) groups is 2. The summed E-state index contributed by atoms with van der Waals surface area (Å²) in [6.45, 7) is 17.3. The van der Waals surface area contributed by atoms with E-state index >= 15 is 0 Å². The monoisotopic (exact) mass is 580 g/mol. The first-order chi connectivity index (χ1) is 19.8. The maximum Gasteiger partial charge on any atom is 0.410 e. The van der Waals surface area contributed by atoms with Crippen LogP contribution >= 0.6 is 0 Å². The molecule has 0 radical (unpaired) electrons. The molecule has 0 spiro atoms. The standard InChI is InChI=1S/C31H44N6O5/c1-9-40-24-14-12-22(13-15-24)28(38)37(42-31(6,7)8)27-21(2)25(34-26-16-17-33-36(26)27)19-32-23-11-10-18-35(20-23)29(39)41-30(3,4)5/h12-17,23,32H,9-11,18-20H2,1-8H3. The molecule has 0 aliphatic carbocycles. The number of ether oxygens (including phenoxy) is 2. The highest BCUT2D eigenvalue weighted by atomic mass is 16.7. The van der Waals surface area contributed by atoms with Gasteiger partial charge < -0.3 is 19.7 Å². The average molecular weight is 581 g/mol. The predicted molar refractivity (Wildman–Crippen MR) is 161 cm³/mol. The third-order valence-electron chi connectivity index (χ3n) is 6.63. The summed E-state index contributed by atoms with van der Waals surface area (Å²) >= 11 is 0. The van der Waals surface area contributed by atoms with Gasteiger partial charge in [0.2, 0.25) is 0 Å². The van der Waals surface area contributed by atoms with E-state index in [9.17, 15) is 9.59 Å². The van der Waals surface area contributed by atoms with Gasteiger partial charge in [0.15, 0.2) is 11.5 Å². The number of carbonyl (C=O) groups excluding carboxylic acids is 2. The molecule has 1 atom stereocenters. The van der Waals surface area contributed by atoms with Gasteiger partial charge in [0, 0.05) is 42.9 Å². The molecule has 3 heterocycles. The van der Waals surface area contributed by atoms with E-state index in [2.05, 4.69) is 10.4 Å². The zero-order valence-corrected chi connectivity index (χ0v) is 26.1. The van der Waals surface area contributed by atoms with Gasteiger partial charge in [-0.15, -0.1) is 0 Å². The van der Waals surface area contributed by atoms with E-state index in [1.165, 1.54) is 5.06 Å². The third kappa shape index (κ3) is 7.77. The van der Waals surface area contributed by atoms with Crippen molar-refractivity contribution in [2.75, 3.05) is 24.8 Å². The minimum Gasteiger partial charge on any atom is -0.494 e. The number of likely N-dealkylation sites (tertiary alicyclic amines) is 1. The molecule has 2 aromatic heterocycles. The van der Waals surface area contributed by atoms with Crippen molar-refractivity contribution < 1.29 is 23.9 Å². The third-order valence-corrected chi connectivity index (χ3v) is 6.63. The maximum absolute atomic E-state index is 14.0. The number of hydroxylamine groups is 1. The number of aromatic nitrogens is 3. The summed E-state index contributed by atoms with van der Waals surface area (Å²) in [7, 11) is 0. The molecule has 42 heavy (non-hydrogen) atoms. The Hall–Kier alpha value is -3.70. The molecule has 1 unspecified atom stereocenters. The molecule has 1 saturated heterocycles. The van der Waals surface area contributed by atoms with Crippen LogP contribution in [0.1, 0.15) is 82.9 Å². The summed E-state index contributed by atoms with van der Waals surface area (Å²) in [5, 5.41) is 9.37. The molecule has 1 N–H and O–H groups in total. The zero-order chi connectivity index (χ0) is 30.7. The Bertz CT molecular complexity index is 1390. The van der Waals surface area contributed by atoms with Crippen LogP contribution in [0.2, 0.25) is 0 Å². The smallest absolute Gasteiger partial charge is 0.410 e. The largest absolute Gasteiger partial charge is 0.494 e. The number of hydrogen-bond acceptors (Lipinski definition) is 8. The molecule has 11 heteroatoms. The van der Waals surface area contributed by atoms with Crippen LogP contribution in [-0.2, 0) is 16.1 Å².